The van der Waals surface area contributed by atoms with Crippen LogP contribution in [0.2, 0.25) is 0 Å². The Morgan fingerprint density at radius 1 is 1.21 bits per heavy atom. The van der Waals surface area contributed by atoms with Crippen LogP contribution in [0, 0.1) is 6.92 Å². The highest BCUT2D eigenvalue weighted by Crippen LogP contribution is 2.20. The zero-order chi connectivity index (χ0) is 13.2. The lowest BCUT2D eigenvalue weighted by molar-refractivity contribution is 0.881. The second-order valence-corrected chi connectivity index (χ2v) is 4.76. The van der Waals surface area contributed by atoms with E-state index in [1.54, 1.807) is 0 Å². The molecule has 3 aromatic rings. The van der Waals surface area contributed by atoms with Gasteiger partial charge < -0.3 is 0 Å². The van der Waals surface area contributed by atoms with Crippen LogP contribution in [0.3, 0.4) is 0 Å². The van der Waals surface area contributed by atoms with Crippen molar-refractivity contribution in [3.63, 3.8) is 0 Å². The van der Waals surface area contributed by atoms with Crippen molar-refractivity contribution in [2.24, 2.45) is 0 Å². The largest absolute Gasteiger partial charge is 0.239 e. The maximum absolute atomic E-state index is 4.64. The zero-order valence-corrected chi connectivity index (χ0v) is 11.0. The molecular weight excluding hydrogens is 232 g/mol. The summed E-state index contributed by atoms with van der Waals surface area (Å²) >= 11 is 0. The van der Waals surface area contributed by atoms with E-state index in [1.807, 2.05) is 29.0 Å². The van der Waals surface area contributed by atoms with E-state index in [2.05, 4.69) is 49.1 Å². The zero-order valence-electron chi connectivity index (χ0n) is 11.0. The standard InChI is InChI=1S/C17H16N2/c1-3-6-14-11-13(2)9-10-17(14)19-12-15-7-4-5-8-16(15)18-19/h3-5,7-12H,1,6H2,2H3. The van der Waals surface area contributed by atoms with Crippen molar-refractivity contribution in [1.82, 2.24) is 9.78 Å². The molecule has 0 atom stereocenters. The fourth-order valence-corrected chi connectivity index (χ4v) is 2.34. The number of aromatic nitrogens is 2. The van der Waals surface area contributed by atoms with Crippen LogP contribution in [-0.4, -0.2) is 9.78 Å². The minimum absolute atomic E-state index is 0.854. The number of allylic oxidation sites excluding steroid dienone is 1. The summed E-state index contributed by atoms with van der Waals surface area (Å²) in [6.45, 7) is 5.94. The quantitative estimate of drug-likeness (QED) is 0.639. The van der Waals surface area contributed by atoms with E-state index in [0.717, 1.165) is 23.0 Å². The molecule has 0 spiro atoms. The van der Waals surface area contributed by atoms with Gasteiger partial charge in [0.25, 0.3) is 0 Å². The van der Waals surface area contributed by atoms with Gasteiger partial charge in [0.05, 0.1) is 11.2 Å². The Labute approximate surface area is 113 Å². The second kappa shape index (κ2) is 4.73. The average molecular weight is 248 g/mol. The van der Waals surface area contributed by atoms with E-state index in [4.69, 9.17) is 0 Å². The first-order valence-corrected chi connectivity index (χ1v) is 6.43. The van der Waals surface area contributed by atoms with E-state index in [0.29, 0.717) is 0 Å². The molecule has 0 aliphatic heterocycles. The fraction of sp³-hybridized carbons (Fsp3) is 0.118. The third-order valence-electron chi connectivity index (χ3n) is 3.26. The van der Waals surface area contributed by atoms with Gasteiger partial charge in [0.2, 0.25) is 0 Å². The maximum atomic E-state index is 4.64. The average Bonchev–Trinajstić information content (AvgIpc) is 2.82. The molecule has 1 aromatic heterocycles. The van der Waals surface area contributed by atoms with Crippen LogP contribution in [0.4, 0.5) is 0 Å². The predicted octanol–water partition coefficient (Wildman–Crippen LogP) is 4.06. The van der Waals surface area contributed by atoms with E-state index in [1.165, 1.54) is 11.1 Å². The molecule has 3 rings (SSSR count). The number of benzene rings is 2. The number of fused-ring (bicyclic) bond motifs is 1. The van der Waals surface area contributed by atoms with Crippen LogP contribution in [0.1, 0.15) is 11.1 Å². The minimum Gasteiger partial charge on any atom is -0.239 e. The Kier molecular flexibility index (Phi) is 2.92. The summed E-state index contributed by atoms with van der Waals surface area (Å²) in [7, 11) is 0. The first kappa shape index (κ1) is 11.7. The number of nitrogens with zero attached hydrogens (tertiary/aromatic N) is 2. The first-order chi connectivity index (χ1) is 9.28. The molecule has 0 unspecified atom stereocenters. The highest BCUT2D eigenvalue weighted by Gasteiger charge is 2.06. The minimum atomic E-state index is 0.854. The molecule has 0 saturated carbocycles. The molecule has 0 amide bonds. The molecule has 19 heavy (non-hydrogen) atoms. The van der Waals surface area contributed by atoms with E-state index < -0.39 is 0 Å². The Hall–Kier alpha value is -2.35. The van der Waals surface area contributed by atoms with Crippen molar-refractivity contribution >= 4 is 10.9 Å². The number of rotatable bonds is 3. The molecule has 0 aliphatic rings. The van der Waals surface area contributed by atoms with Crippen LogP contribution in [0.5, 0.6) is 0 Å². The molecule has 2 heteroatoms. The van der Waals surface area contributed by atoms with Crippen molar-refractivity contribution in [2.45, 2.75) is 13.3 Å². The fourth-order valence-electron chi connectivity index (χ4n) is 2.34. The lowest BCUT2D eigenvalue weighted by Crippen LogP contribution is -2.00. The molecule has 2 nitrogen and oxygen atoms in total. The molecule has 0 N–H and O–H groups in total. The van der Waals surface area contributed by atoms with Gasteiger partial charge in [-0.15, -0.1) is 6.58 Å². The molecule has 94 valence electrons. The van der Waals surface area contributed by atoms with Gasteiger partial charge in [0, 0.05) is 11.6 Å². The predicted molar refractivity (Wildman–Crippen MR) is 79.7 cm³/mol. The highest BCUT2D eigenvalue weighted by molar-refractivity contribution is 5.78. The number of hydrogen-bond acceptors (Lipinski definition) is 1. The van der Waals surface area contributed by atoms with Crippen LogP contribution < -0.4 is 0 Å². The van der Waals surface area contributed by atoms with Crippen LogP contribution >= 0.6 is 0 Å². The van der Waals surface area contributed by atoms with Gasteiger partial charge >= 0.3 is 0 Å². The lowest BCUT2D eigenvalue weighted by atomic mass is 10.1. The van der Waals surface area contributed by atoms with Gasteiger partial charge in [-0.05, 0) is 31.0 Å². The molecule has 1 heterocycles. The molecule has 0 aliphatic carbocycles. The Morgan fingerprint density at radius 3 is 2.84 bits per heavy atom. The molecule has 0 saturated heterocycles. The van der Waals surface area contributed by atoms with Crippen molar-refractivity contribution in [3.05, 3.63) is 72.4 Å². The van der Waals surface area contributed by atoms with Crippen molar-refractivity contribution in [1.29, 1.82) is 0 Å². The van der Waals surface area contributed by atoms with Crippen LogP contribution in [0.25, 0.3) is 16.6 Å². The Balaban J connectivity index is 2.17. The summed E-state index contributed by atoms with van der Waals surface area (Å²) in [5.74, 6) is 0. The van der Waals surface area contributed by atoms with Crippen molar-refractivity contribution < 1.29 is 0 Å². The van der Waals surface area contributed by atoms with E-state index >= 15 is 0 Å². The number of aryl methyl sites for hydroxylation is 1. The second-order valence-electron chi connectivity index (χ2n) is 4.76. The molecule has 2 aromatic carbocycles. The molecule has 0 fully saturated rings. The van der Waals surface area contributed by atoms with E-state index in [9.17, 15) is 0 Å². The summed E-state index contributed by atoms with van der Waals surface area (Å²) in [6.07, 6.45) is 4.86. The molecular formula is C17H16N2. The lowest BCUT2D eigenvalue weighted by Gasteiger charge is -2.08. The van der Waals surface area contributed by atoms with Gasteiger partial charge in [-0.3, -0.25) is 0 Å². The van der Waals surface area contributed by atoms with Crippen LogP contribution in [0.15, 0.2) is 61.3 Å². The summed E-state index contributed by atoms with van der Waals surface area (Å²) in [6, 6.07) is 14.6. The van der Waals surface area contributed by atoms with E-state index in [-0.39, 0.29) is 0 Å². The van der Waals surface area contributed by atoms with Gasteiger partial charge in [0.15, 0.2) is 0 Å². The Bertz CT molecular complexity index is 705. The van der Waals surface area contributed by atoms with Crippen molar-refractivity contribution in [2.75, 3.05) is 0 Å². The summed E-state index contributed by atoms with van der Waals surface area (Å²) < 4.78 is 1.96. The molecule has 0 radical (unpaired) electrons. The van der Waals surface area contributed by atoms with Gasteiger partial charge in [-0.25, -0.2) is 4.68 Å². The number of hydrogen-bond donors (Lipinski definition) is 0. The SMILES string of the molecule is C=CCc1cc(C)ccc1-n1cc2ccccc2n1. The normalized spacial score (nSPS) is 10.8. The third kappa shape index (κ3) is 2.17. The monoisotopic (exact) mass is 248 g/mol. The van der Waals surface area contributed by atoms with Gasteiger partial charge in [0.1, 0.15) is 0 Å². The van der Waals surface area contributed by atoms with Gasteiger partial charge in [-0.2, -0.15) is 5.10 Å². The first-order valence-electron chi connectivity index (χ1n) is 6.43. The summed E-state index contributed by atoms with van der Waals surface area (Å²) in [4.78, 5) is 0. The topological polar surface area (TPSA) is 17.8 Å². The van der Waals surface area contributed by atoms with Crippen LogP contribution in [-0.2, 0) is 6.42 Å². The molecule has 0 bridgehead atoms. The summed E-state index contributed by atoms with van der Waals surface area (Å²) in [5, 5.41) is 5.80. The Morgan fingerprint density at radius 2 is 2.05 bits per heavy atom. The van der Waals surface area contributed by atoms with Gasteiger partial charge in [-0.1, -0.05) is 42.0 Å². The smallest absolute Gasteiger partial charge is 0.0927 e. The highest BCUT2D eigenvalue weighted by atomic mass is 15.3. The third-order valence-corrected chi connectivity index (χ3v) is 3.26. The summed E-state index contributed by atoms with van der Waals surface area (Å²) in [5.41, 5.74) is 4.66. The maximum Gasteiger partial charge on any atom is 0.0927 e. The van der Waals surface area contributed by atoms with Crippen molar-refractivity contribution in [3.8, 4) is 5.69 Å².